The number of para-hydroxylation sites is 1. The number of nitrogens with one attached hydrogen (secondary N) is 1. The average Bonchev–Trinajstić information content (AvgIpc) is 3.39. The van der Waals surface area contributed by atoms with Gasteiger partial charge in [-0.25, -0.2) is 0 Å². The van der Waals surface area contributed by atoms with Crippen molar-refractivity contribution >= 4 is 33.3 Å². The van der Waals surface area contributed by atoms with E-state index in [9.17, 15) is 9.59 Å². The third-order valence-corrected chi connectivity index (χ3v) is 4.53. The third kappa shape index (κ3) is 4.29. The van der Waals surface area contributed by atoms with Gasteiger partial charge in [0.2, 0.25) is 5.91 Å². The van der Waals surface area contributed by atoms with E-state index < -0.39 is 0 Å². The zero-order valence-electron chi connectivity index (χ0n) is 12.7. The maximum atomic E-state index is 12.1. The first-order valence-electron chi connectivity index (χ1n) is 7.81. The number of halogens is 1. The summed E-state index contributed by atoms with van der Waals surface area (Å²) in [5, 5.41) is 2.95. The van der Waals surface area contributed by atoms with Gasteiger partial charge < -0.3 is 5.32 Å². The Bertz CT molecular complexity index is 720. The molecule has 0 bridgehead atoms. The van der Waals surface area contributed by atoms with Gasteiger partial charge in [0.15, 0.2) is 5.78 Å². The van der Waals surface area contributed by atoms with Crippen LogP contribution in [0.4, 0.5) is 5.69 Å². The first-order valence-corrected chi connectivity index (χ1v) is 8.60. The number of carbonyl (C=O) groups is 2. The zero-order valence-corrected chi connectivity index (χ0v) is 14.3. The highest BCUT2D eigenvalue weighted by Gasteiger charge is 2.26. The molecule has 3 nitrogen and oxygen atoms in total. The molecule has 118 valence electrons. The average molecular weight is 372 g/mol. The summed E-state index contributed by atoms with van der Waals surface area (Å²) in [4.78, 5) is 24.2. The lowest BCUT2D eigenvalue weighted by molar-refractivity contribution is -0.116. The van der Waals surface area contributed by atoms with Gasteiger partial charge in [-0.05, 0) is 42.5 Å². The Hall–Kier alpha value is -1.94. The molecule has 0 unspecified atom stereocenters. The Labute approximate surface area is 144 Å². The summed E-state index contributed by atoms with van der Waals surface area (Å²) >= 11 is 3.34. The fraction of sp³-hybridized carbons (Fsp3) is 0.263. The van der Waals surface area contributed by atoms with E-state index in [-0.39, 0.29) is 24.5 Å². The summed E-state index contributed by atoms with van der Waals surface area (Å²) in [6.45, 7) is 0. The highest BCUT2D eigenvalue weighted by Crippen LogP contribution is 2.43. The van der Waals surface area contributed by atoms with E-state index in [1.165, 1.54) is 18.4 Å². The van der Waals surface area contributed by atoms with Crippen molar-refractivity contribution in [2.45, 2.75) is 31.6 Å². The van der Waals surface area contributed by atoms with Crippen LogP contribution in [-0.2, 0) is 4.79 Å². The summed E-state index contributed by atoms with van der Waals surface area (Å²) < 4.78 is 0.934. The molecule has 2 aromatic rings. The van der Waals surface area contributed by atoms with Gasteiger partial charge in [0.25, 0.3) is 0 Å². The molecule has 0 aromatic heterocycles. The summed E-state index contributed by atoms with van der Waals surface area (Å²) in [5.74, 6) is 0.461. The topological polar surface area (TPSA) is 46.2 Å². The molecule has 1 amide bonds. The molecule has 0 spiro atoms. The van der Waals surface area contributed by atoms with Crippen molar-refractivity contribution in [3.05, 3.63) is 64.1 Å². The van der Waals surface area contributed by atoms with Crippen molar-refractivity contribution in [2.75, 3.05) is 5.32 Å². The van der Waals surface area contributed by atoms with Gasteiger partial charge in [0.05, 0.1) is 0 Å². The number of ketones is 1. The molecule has 23 heavy (non-hydrogen) atoms. The predicted molar refractivity (Wildman–Crippen MR) is 94.8 cm³/mol. The van der Waals surface area contributed by atoms with E-state index in [0.717, 1.165) is 10.2 Å². The first kappa shape index (κ1) is 15.9. The highest BCUT2D eigenvalue weighted by molar-refractivity contribution is 9.10. The van der Waals surface area contributed by atoms with E-state index in [1.807, 2.05) is 30.3 Å². The quantitative estimate of drug-likeness (QED) is 0.731. The molecule has 0 atom stereocenters. The molecular formula is C19H18BrNO2. The number of Topliss-reactive ketones (excluding diaryl/α,β-unsaturated/α-hetero) is 1. The van der Waals surface area contributed by atoms with E-state index in [4.69, 9.17) is 0 Å². The van der Waals surface area contributed by atoms with Crippen LogP contribution in [0, 0.1) is 0 Å². The largest absolute Gasteiger partial charge is 0.326 e. The van der Waals surface area contributed by atoms with Gasteiger partial charge in [-0.3, -0.25) is 9.59 Å². The van der Waals surface area contributed by atoms with Crippen molar-refractivity contribution in [2.24, 2.45) is 0 Å². The lowest BCUT2D eigenvalue weighted by Gasteiger charge is -2.10. The van der Waals surface area contributed by atoms with Crippen molar-refractivity contribution < 1.29 is 9.59 Å². The van der Waals surface area contributed by atoms with Crippen LogP contribution < -0.4 is 5.32 Å². The number of benzene rings is 2. The van der Waals surface area contributed by atoms with Gasteiger partial charge in [0.1, 0.15) is 0 Å². The van der Waals surface area contributed by atoms with E-state index in [0.29, 0.717) is 11.5 Å². The summed E-state index contributed by atoms with van der Waals surface area (Å²) in [6.07, 6.45) is 2.80. The second-order valence-corrected chi connectivity index (χ2v) is 6.76. The second-order valence-electron chi connectivity index (χ2n) is 5.84. The molecule has 1 aliphatic rings. The molecule has 0 radical (unpaired) electrons. The Balaban J connectivity index is 1.55. The normalized spacial score (nSPS) is 13.6. The zero-order chi connectivity index (χ0) is 16.2. The number of hydrogen-bond acceptors (Lipinski definition) is 2. The molecular weight excluding hydrogens is 354 g/mol. The van der Waals surface area contributed by atoms with Crippen molar-refractivity contribution in [3.63, 3.8) is 0 Å². The number of rotatable bonds is 6. The second kappa shape index (κ2) is 7.09. The lowest BCUT2D eigenvalue weighted by atomic mass is 10.1. The van der Waals surface area contributed by atoms with Gasteiger partial charge >= 0.3 is 0 Å². The van der Waals surface area contributed by atoms with Gasteiger partial charge in [-0.2, -0.15) is 0 Å². The maximum Gasteiger partial charge on any atom is 0.224 e. The van der Waals surface area contributed by atoms with Crippen LogP contribution in [0.25, 0.3) is 0 Å². The van der Waals surface area contributed by atoms with Gasteiger partial charge in [-0.1, -0.05) is 46.3 Å². The molecule has 4 heteroatoms. The minimum atomic E-state index is -0.108. The van der Waals surface area contributed by atoms with Crippen molar-refractivity contribution in [1.82, 2.24) is 0 Å². The molecule has 0 saturated heterocycles. The molecule has 0 aliphatic heterocycles. The standard InChI is InChI=1S/C19H18BrNO2/c20-15-9-7-14(8-10-15)18(22)11-12-19(23)21-17-4-2-1-3-16(17)13-5-6-13/h1-4,7-10,13H,5-6,11-12H2,(H,21,23). The number of anilines is 1. The molecule has 1 saturated carbocycles. The van der Waals surface area contributed by atoms with E-state index in [1.54, 1.807) is 12.1 Å². The summed E-state index contributed by atoms with van der Waals surface area (Å²) in [7, 11) is 0. The van der Waals surface area contributed by atoms with Gasteiger partial charge in [0, 0.05) is 28.6 Å². The van der Waals surface area contributed by atoms with E-state index >= 15 is 0 Å². The van der Waals surface area contributed by atoms with Crippen LogP contribution in [0.3, 0.4) is 0 Å². The van der Waals surface area contributed by atoms with Crippen LogP contribution in [0.2, 0.25) is 0 Å². The first-order chi connectivity index (χ1) is 11.1. The van der Waals surface area contributed by atoms with Crippen LogP contribution in [0.1, 0.15) is 47.5 Å². The SMILES string of the molecule is O=C(CCC(=O)c1ccc(Br)cc1)Nc1ccccc1C1CC1. The van der Waals surface area contributed by atoms with Crippen molar-refractivity contribution in [3.8, 4) is 0 Å². The van der Waals surface area contributed by atoms with Gasteiger partial charge in [-0.15, -0.1) is 0 Å². The summed E-state index contributed by atoms with van der Waals surface area (Å²) in [6, 6.07) is 15.1. The van der Waals surface area contributed by atoms with E-state index in [2.05, 4.69) is 27.3 Å². The van der Waals surface area contributed by atoms with Crippen molar-refractivity contribution in [1.29, 1.82) is 0 Å². The smallest absolute Gasteiger partial charge is 0.224 e. The van der Waals surface area contributed by atoms with Crippen LogP contribution >= 0.6 is 15.9 Å². The Morgan fingerprint density at radius 1 is 1.00 bits per heavy atom. The fourth-order valence-electron chi connectivity index (χ4n) is 2.58. The van der Waals surface area contributed by atoms with Crippen LogP contribution in [0.15, 0.2) is 53.0 Å². The van der Waals surface area contributed by atoms with Crippen LogP contribution in [0.5, 0.6) is 0 Å². The molecule has 1 N–H and O–H groups in total. The molecule has 0 heterocycles. The third-order valence-electron chi connectivity index (χ3n) is 4.00. The molecule has 2 aromatic carbocycles. The Kier molecular flexibility index (Phi) is 4.91. The Morgan fingerprint density at radius 2 is 1.70 bits per heavy atom. The molecule has 1 fully saturated rings. The molecule has 1 aliphatic carbocycles. The maximum absolute atomic E-state index is 12.1. The number of carbonyl (C=O) groups excluding carboxylic acids is 2. The minimum Gasteiger partial charge on any atom is -0.326 e. The number of amides is 1. The lowest BCUT2D eigenvalue weighted by Crippen LogP contribution is -2.14. The Morgan fingerprint density at radius 3 is 2.39 bits per heavy atom. The molecule has 3 rings (SSSR count). The monoisotopic (exact) mass is 371 g/mol. The minimum absolute atomic E-state index is 0.0110. The number of hydrogen-bond donors (Lipinski definition) is 1. The predicted octanol–water partition coefficient (Wildman–Crippen LogP) is 4.93. The van der Waals surface area contributed by atoms with Crippen LogP contribution in [-0.4, -0.2) is 11.7 Å². The highest BCUT2D eigenvalue weighted by atomic mass is 79.9. The summed E-state index contributed by atoms with van der Waals surface area (Å²) in [5.41, 5.74) is 2.73. The fourth-order valence-corrected chi connectivity index (χ4v) is 2.85.